The fraction of sp³-hybridized carbons (Fsp3) is 0.182. The number of carbonyl (C=O) groups is 1. The first kappa shape index (κ1) is 18.6. The van der Waals surface area contributed by atoms with E-state index in [-0.39, 0.29) is 11.7 Å². The van der Waals surface area contributed by atoms with E-state index in [1.807, 2.05) is 38.1 Å². The second kappa shape index (κ2) is 8.45. The molecule has 2 aromatic carbocycles. The van der Waals surface area contributed by atoms with E-state index in [2.05, 4.69) is 15.6 Å². The summed E-state index contributed by atoms with van der Waals surface area (Å²) in [7, 11) is 0. The SMILES string of the molecule is Cc1cccc(C)c1NC(=O)c1cc(NCCc2ccccc2F)ccn1. The summed E-state index contributed by atoms with van der Waals surface area (Å²) >= 11 is 0. The van der Waals surface area contributed by atoms with Crippen LogP contribution in [0.25, 0.3) is 0 Å². The molecule has 1 amide bonds. The molecule has 0 saturated carbocycles. The minimum atomic E-state index is -0.259. The van der Waals surface area contributed by atoms with Gasteiger partial charge in [-0.2, -0.15) is 0 Å². The number of rotatable bonds is 6. The highest BCUT2D eigenvalue weighted by molar-refractivity contribution is 6.04. The van der Waals surface area contributed by atoms with E-state index in [9.17, 15) is 9.18 Å². The Bertz CT molecular complexity index is 936. The van der Waals surface area contributed by atoms with Gasteiger partial charge in [-0.05, 0) is 55.2 Å². The van der Waals surface area contributed by atoms with Crippen LogP contribution in [0.3, 0.4) is 0 Å². The molecule has 0 aliphatic rings. The van der Waals surface area contributed by atoms with Crippen molar-refractivity contribution in [2.45, 2.75) is 20.3 Å². The molecule has 3 rings (SSSR count). The summed E-state index contributed by atoms with van der Waals surface area (Å²) in [6.07, 6.45) is 2.14. The largest absolute Gasteiger partial charge is 0.385 e. The summed E-state index contributed by atoms with van der Waals surface area (Å²) in [6.45, 7) is 4.47. The molecule has 3 aromatic rings. The molecule has 0 saturated heterocycles. The fourth-order valence-electron chi connectivity index (χ4n) is 2.90. The summed E-state index contributed by atoms with van der Waals surface area (Å²) in [6, 6.07) is 16.1. The minimum absolute atomic E-state index is 0.206. The van der Waals surface area contributed by atoms with Crippen LogP contribution in [0, 0.1) is 19.7 Å². The number of para-hydroxylation sites is 1. The first-order valence-electron chi connectivity index (χ1n) is 8.85. The van der Waals surface area contributed by atoms with Crippen LogP contribution in [-0.2, 0) is 6.42 Å². The topological polar surface area (TPSA) is 54.0 Å². The van der Waals surface area contributed by atoms with E-state index in [0.29, 0.717) is 24.2 Å². The highest BCUT2D eigenvalue weighted by Gasteiger charge is 2.11. The van der Waals surface area contributed by atoms with E-state index in [1.54, 1.807) is 30.5 Å². The Morgan fingerprint density at radius 1 is 1.04 bits per heavy atom. The quantitative estimate of drug-likeness (QED) is 0.665. The number of nitrogens with one attached hydrogen (secondary N) is 2. The summed E-state index contributed by atoms with van der Waals surface area (Å²) in [5, 5.41) is 6.15. The molecular formula is C22H22FN3O. The van der Waals surface area contributed by atoms with Crippen molar-refractivity contribution in [3.05, 3.63) is 89.0 Å². The number of amides is 1. The average molecular weight is 363 g/mol. The molecular weight excluding hydrogens is 341 g/mol. The van der Waals surface area contributed by atoms with Crippen LogP contribution in [0.2, 0.25) is 0 Å². The lowest BCUT2D eigenvalue weighted by Gasteiger charge is -2.12. The Kier molecular flexibility index (Phi) is 5.81. The lowest BCUT2D eigenvalue weighted by Crippen LogP contribution is -2.16. The van der Waals surface area contributed by atoms with Crippen molar-refractivity contribution in [3.8, 4) is 0 Å². The molecule has 0 unspecified atom stereocenters. The summed E-state index contributed by atoms with van der Waals surface area (Å²) < 4.78 is 13.7. The van der Waals surface area contributed by atoms with Gasteiger partial charge in [-0.1, -0.05) is 36.4 Å². The normalized spacial score (nSPS) is 10.5. The van der Waals surface area contributed by atoms with Crippen LogP contribution in [0.5, 0.6) is 0 Å². The molecule has 1 heterocycles. The van der Waals surface area contributed by atoms with Gasteiger partial charge < -0.3 is 10.6 Å². The maximum Gasteiger partial charge on any atom is 0.274 e. The molecule has 2 N–H and O–H groups in total. The van der Waals surface area contributed by atoms with Crippen LogP contribution in [-0.4, -0.2) is 17.4 Å². The number of hydrogen-bond acceptors (Lipinski definition) is 3. The Hall–Kier alpha value is -3.21. The van der Waals surface area contributed by atoms with Gasteiger partial charge in [0.05, 0.1) is 0 Å². The number of pyridine rings is 1. The van der Waals surface area contributed by atoms with Gasteiger partial charge in [-0.25, -0.2) is 4.39 Å². The summed E-state index contributed by atoms with van der Waals surface area (Å²) in [5.74, 6) is -0.465. The van der Waals surface area contributed by atoms with Gasteiger partial charge in [0.1, 0.15) is 11.5 Å². The molecule has 0 aliphatic carbocycles. The zero-order valence-electron chi connectivity index (χ0n) is 15.4. The van der Waals surface area contributed by atoms with Gasteiger partial charge in [0.15, 0.2) is 0 Å². The number of benzene rings is 2. The highest BCUT2D eigenvalue weighted by atomic mass is 19.1. The van der Waals surface area contributed by atoms with E-state index in [1.165, 1.54) is 6.07 Å². The zero-order valence-corrected chi connectivity index (χ0v) is 15.4. The third kappa shape index (κ3) is 4.70. The fourth-order valence-corrected chi connectivity index (χ4v) is 2.90. The first-order chi connectivity index (χ1) is 13.0. The molecule has 0 spiro atoms. The molecule has 4 nitrogen and oxygen atoms in total. The summed E-state index contributed by atoms with van der Waals surface area (Å²) in [5.41, 5.74) is 4.57. The Labute approximate surface area is 158 Å². The molecule has 138 valence electrons. The van der Waals surface area contributed by atoms with Gasteiger partial charge in [0, 0.05) is 24.1 Å². The van der Waals surface area contributed by atoms with Crippen molar-refractivity contribution in [1.29, 1.82) is 0 Å². The van der Waals surface area contributed by atoms with E-state index >= 15 is 0 Å². The Morgan fingerprint density at radius 3 is 2.52 bits per heavy atom. The first-order valence-corrected chi connectivity index (χ1v) is 8.85. The van der Waals surface area contributed by atoms with Crippen LogP contribution in [0.1, 0.15) is 27.2 Å². The standard InChI is InChI=1S/C22H22FN3O/c1-15-6-5-7-16(2)21(15)26-22(27)20-14-18(11-13-25-20)24-12-10-17-8-3-4-9-19(17)23/h3-9,11,13-14H,10,12H2,1-2H3,(H,24,25)(H,26,27). The van der Waals surface area contributed by atoms with E-state index in [0.717, 1.165) is 22.5 Å². The predicted octanol–water partition coefficient (Wildman–Crippen LogP) is 4.74. The Balaban J connectivity index is 1.64. The number of nitrogens with zero attached hydrogens (tertiary/aromatic N) is 1. The predicted molar refractivity (Wildman–Crippen MR) is 107 cm³/mol. The number of anilines is 2. The molecule has 0 radical (unpaired) electrons. The van der Waals surface area contributed by atoms with Crippen molar-refractivity contribution >= 4 is 17.3 Å². The van der Waals surface area contributed by atoms with Crippen molar-refractivity contribution in [2.75, 3.05) is 17.2 Å². The molecule has 5 heteroatoms. The number of hydrogen-bond donors (Lipinski definition) is 2. The second-order valence-electron chi connectivity index (χ2n) is 6.42. The highest BCUT2D eigenvalue weighted by Crippen LogP contribution is 2.20. The van der Waals surface area contributed by atoms with Crippen LogP contribution >= 0.6 is 0 Å². The lowest BCUT2D eigenvalue weighted by atomic mass is 10.1. The van der Waals surface area contributed by atoms with E-state index in [4.69, 9.17) is 0 Å². The zero-order chi connectivity index (χ0) is 19.2. The lowest BCUT2D eigenvalue weighted by molar-refractivity contribution is 0.102. The van der Waals surface area contributed by atoms with Gasteiger partial charge in [-0.15, -0.1) is 0 Å². The second-order valence-corrected chi connectivity index (χ2v) is 6.42. The van der Waals surface area contributed by atoms with Crippen molar-refractivity contribution in [2.24, 2.45) is 0 Å². The maximum absolute atomic E-state index is 13.7. The third-order valence-corrected chi connectivity index (χ3v) is 4.39. The molecule has 0 aliphatic heterocycles. The number of aromatic nitrogens is 1. The smallest absolute Gasteiger partial charge is 0.274 e. The molecule has 0 fully saturated rings. The van der Waals surface area contributed by atoms with Gasteiger partial charge in [-0.3, -0.25) is 9.78 Å². The third-order valence-electron chi connectivity index (χ3n) is 4.39. The number of halogens is 1. The average Bonchev–Trinajstić information content (AvgIpc) is 2.66. The molecule has 1 aromatic heterocycles. The monoisotopic (exact) mass is 363 g/mol. The maximum atomic E-state index is 13.7. The van der Waals surface area contributed by atoms with Crippen LogP contribution in [0.15, 0.2) is 60.8 Å². The van der Waals surface area contributed by atoms with Crippen molar-refractivity contribution < 1.29 is 9.18 Å². The van der Waals surface area contributed by atoms with Crippen LogP contribution in [0.4, 0.5) is 15.8 Å². The van der Waals surface area contributed by atoms with Crippen molar-refractivity contribution in [1.82, 2.24) is 4.98 Å². The van der Waals surface area contributed by atoms with Crippen molar-refractivity contribution in [3.63, 3.8) is 0 Å². The molecule has 0 bridgehead atoms. The van der Waals surface area contributed by atoms with Crippen LogP contribution < -0.4 is 10.6 Å². The van der Waals surface area contributed by atoms with E-state index < -0.39 is 0 Å². The number of aryl methyl sites for hydroxylation is 2. The number of carbonyl (C=O) groups excluding carboxylic acids is 1. The van der Waals surface area contributed by atoms with Gasteiger partial charge in [0.2, 0.25) is 0 Å². The molecule has 27 heavy (non-hydrogen) atoms. The Morgan fingerprint density at radius 2 is 1.78 bits per heavy atom. The molecule has 0 atom stereocenters. The van der Waals surface area contributed by atoms with Gasteiger partial charge >= 0.3 is 0 Å². The summed E-state index contributed by atoms with van der Waals surface area (Å²) in [4.78, 5) is 16.7. The minimum Gasteiger partial charge on any atom is -0.385 e. The van der Waals surface area contributed by atoms with Gasteiger partial charge in [0.25, 0.3) is 5.91 Å².